The summed E-state index contributed by atoms with van der Waals surface area (Å²) >= 11 is 7.57. The Morgan fingerprint density at radius 1 is 1.29 bits per heavy atom. The van der Waals surface area contributed by atoms with Gasteiger partial charge in [-0.25, -0.2) is 0 Å². The van der Waals surface area contributed by atoms with E-state index in [-0.39, 0.29) is 5.97 Å². The van der Waals surface area contributed by atoms with Gasteiger partial charge in [-0.15, -0.1) is 11.8 Å². The van der Waals surface area contributed by atoms with Crippen LogP contribution in [-0.4, -0.2) is 44.9 Å². The van der Waals surface area contributed by atoms with Crippen LogP contribution in [0.25, 0.3) is 0 Å². The lowest BCUT2D eigenvalue weighted by atomic mass is 10.4. The molecule has 0 atom stereocenters. The summed E-state index contributed by atoms with van der Waals surface area (Å²) in [7, 11) is 3.07. The fraction of sp³-hybridized carbons (Fsp3) is 0.429. The topological polar surface area (TPSA) is 62.7 Å². The van der Waals surface area contributed by atoms with Crippen LogP contribution >= 0.6 is 23.4 Å². The smallest absolute Gasteiger partial charge is 0.307 e. The first-order valence-electron chi connectivity index (χ1n) is 6.55. The molecule has 0 saturated carbocycles. The van der Waals surface area contributed by atoms with Gasteiger partial charge >= 0.3 is 5.97 Å². The summed E-state index contributed by atoms with van der Waals surface area (Å²) < 4.78 is 4.57. The van der Waals surface area contributed by atoms with Crippen LogP contribution in [0.4, 0.5) is 0 Å². The molecule has 21 heavy (non-hydrogen) atoms. The molecule has 0 aliphatic heterocycles. The van der Waals surface area contributed by atoms with Crippen molar-refractivity contribution in [2.24, 2.45) is 4.99 Å². The first-order valence-corrected chi connectivity index (χ1v) is 7.91. The van der Waals surface area contributed by atoms with Crippen LogP contribution in [0, 0.1) is 0 Å². The van der Waals surface area contributed by atoms with Crippen LogP contribution in [-0.2, 0) is 9.53 Å². The minimum atomic E-state index is -0.240. The van der Waals surface area contributed by atoms with E-state index in [1.165, 1.54) is 12.0 Å². The second-order valence-corrected chi connectivity index (χ2v) is 5.66. The summed E-state index contributed by atoms with van der Waals surface area (Å²) in [4.78, 5) is 16.2. The number of esters is 1. The van der Waals surface area contributed by atoms with E-state index in [1.807, 2.05) is 24.3 Å². The molecule has 0 amide bonds. The fourth-order valence-electron chi connectivity index (χ4n) is 1.47. The van der Waals surface area contributed by atoms with Crippen LogP contribution < -0.4 is 10.6 Å². The van der Waals surface area contributed by atoms with E-state index in [2.05, 4.69) is 20.4 Å². The molecule has 1 rings (SSSR count). The predicted octanol–water partition coefficient (Wildman–Crippen LogP) is 2.16. The van der Waals surface area contributed by atoms with Crippen molar-refractivity contribution in [1.29, 1.82) is 0 Å². The highest BCUT2D eigenvalue weighted by atomic mass is 35.5. The van der Waals surface area contributed by atoms with Gasteiger partial charge in [0.2, 0.25) is 0 Å². The van der Waals surface area contributed by atoms with Gasteiger partial charge in [0.15, 0.2) is 5.96 Å². The Morgan fingerprint density at radius 3 is 2.57 bits per heavy atom. The maximum absolute atomic E-state index is 11.0. The van der Waals surface area contributed by atoms with E-state index in [0.717, 1.165) is 17.3 Å². The monoisotopic (exact) mass is 329 g/mol. The third kappa shape index (κ3) is 7.82. The van der Waals surface area contributed by atoms with Crippen molar-refractivity contribution in [3.63, 3.8) is 0 Å². The van der Waals surface area contributed by atoms with Gasteiger partial charge in [-0.3, -0.25) is 9.79 Å². The lowest BCUT2D eigenvalue weighted by Crippen LogP contribution is -2.39. The average molecular weight is 330 g/mol. The second-order valence-electron chi connectivity index (χ2n) is 4.05. The zero-order valence-electron chi connectivity index (χ0n) is 12.2. The van der Waals surface area contributed by atoms with Gasteiger partial charge in [0.25, 0.3) is 0 Å². The number of guanidine groups is 1. The van der Waals surface area contributed by atoms with Crippen molar-refractivity contribution in [2.45, 2.75) is 11.3 Å². The lowest BCUT2D eigenvalue weighted by molar-refractivity contribution is -0.140. The van der Waals surface area contributed by atoms with Gasteiger partial charge in [0, 0.05) is 35.8 Å². The minimum absolute atomic E-state index is 0.240. The molecule has 0 bridgehead atoms. The number of methoxy groups -OCH3 is 1. The van der Waals surface area contributed by atoms with Gasteiger partial charge in [0.1, 0.15) is 0 Å². The molecule has 0 aliphatic carbocycles. The molecule has 0 unspecified atom stereocenters. The Bertz CT molecular complexity index is 466. The number of nitrogens with one attached hydrogen (secondary N) is 2. The van der Waals surface area contributed by atoms with E-state index in [9.17, 15) is 4.79 Å². The number of carbonyl (C=O) groups excluding carboxylic acids is 1. The average Bonchev–Trinajstić information content (AvgIpc) is 2.51. The number of thioether (sulfide) groups is 1. The highest BCUT2D eigenvalue weighted by Crippen LogP contribution is 2.19. The number of ether oxygens (including phenoxy) is 1. The maximum atomic E-state index is 11.0. The molecule has 0 radical (unpaired) electrons. The lowest BCUT2D eigenvalue weighted by Gasteiger charge is -2.11. The number of benzene rings is 1. The molecule has 1 aromatic carbocycles. The van der Waals surface area contributed by atoms with Gasteiger partial charge < -0.3 is 15.4 Å². The zero-order chi connectivity index (χ0) is 15.5. The van der Waals surface area contributed by atoms with Gasteiger partial charge in [-0.2, -0.15) is 0 Å². The molecule has 0 spiro atoms. The molecule has 1 aromatic rings. The quantitative estimate of drug-likeness (QED) is 0.264. The molecule has 0 fully saturated rings. The molecule has 0 heterocycles. The standard InChI is InChI=1S/C14H20ClN3O2S/c1-16-14(17-8-7-13(19)20-2)18-9-10-21-12-5-3-11(15)4-6-12/h3-6H,7-10H2,1-2H3,(H2,16,17,18). The Hall–Kier alpha value is -1.40. The minimum Gasteiger partial charge on any atom is -0.469 e. The molecular weight excluding hydrogens is 310 g/mol. The van der Waals surface area contributed by atoms with E-state index in [4.69, 9.17) is 11.6 Å². The first-order chi connectivity index (χ1) is 10.2. The van der Waals surface area contributed by atoms with Crippen LogP contribution in [0.1, 0.15) is 6.42 Å². The summed E-state index contributed by atoms with van der Waals surface area (Å²) in [5.74, 6) is 1.34. The molecule has 0 aliphatic rings. The number of hydrogen-bond acceptors (Lipinski definition) is 4. The van der Waals surface area contributed by atoms with Gasteiger partial charge in [-0.05, 0) is 24.3 Å². The van der Waals surface area contributed by atoms with Crippen molar-refractivity contribution in [3.05, 3.63) is 29.3 Å². The molecule has 7 heteroatoms. The Morgan fingerprint density at radius 2 is 1.95 bits per heavy atom. The van der Waals surface area contributed by atoms with E-state index >= 15 is 0 Å². The molecule has 5 nitrogen and oxygen atoms in total. The van der Waals surface area contributed by atoms with Crippen molar-refractivity contribution < 1.29 is 9.53 Å². The van der Waals surface area contributed by atoms with Crippen LogP contribution in [0.2, 0.25) is 5.02 Å². The summed E-state index contributed by atoms with van der Waals surface area (Å²) in [6.07, 6.45) is 0.316. The highest BCUT2D eigenvalue weighted by molar-refractivity contribution is 7.99. The van der Waals surface area contributed by atoms with E-state index in [1.54, 1.807) is 18.8 Å². The third-order valence-electron chi connectivity index (χ3n) is 2.55. The normalized spacial score (nSPS) is 11.1. The third-order valence-corrected chi connectivity index (χ3v) is 3.82. The molecule has 0 aromatic heterocycles. The summed E-state index contributed by atoms with van der Waals surface area (Å²) in [6.45, 7) is 1.27. The number of aliphatic imine (C=N–C) groups is 1. The van der Waals surface area contributed by atoms with Gasteiger partial charge in [0.05, 0.1) is 13.5 Å². The van der Waals surface area contributed by atoms with E-state index < -0.39 is 0 Å². The largest absolute Gasteiger partial charge is 0.469 e. The number of rotatable bonds is 7. The van der Waals surface area contributed by atoms with Crippen molar-refractivity contribution in [3.8, 4) is 0 Å². The second kappa shape index (κ2) is 10.3. The maximum Gasteiger partial charge on any atom is 0.307 e. The number of nitrogens with zero attached hydrogens (tertiary/aromatic N) is 1. The van der Waals surface area contributed by atoms with Crippen LogP contribution in [0.15, 0.2) is 34.2 Å². The molecule has 0 saturated heterocycles. The van der Waals surface area contributed by atoms with Crippen LogP contribution in [0.5, 0.6) is 0 Å². The fourth-order valence-corrected chi connectivity index (χ4v) is 2.37. The van der Waals surface area contributed by atoms with E-state index in [0.29, 0.717) is 18.9 Å². The number of carbonyl (C=O) groups is 1. The van der Waals surface area contributed by atoms with Crippen LogP contribution in [0.3, 0.4) is 0 Å². The van der Waals surface area contributed by atoms with Crippen molar-refractivity contribution in [1.82, 2.24) is 10.6 Å². The Kier molecular flexibility index (Phi) is 8.69. The first kappa shape index (κ1) is 17.7. The Balaban J connectivity index is 2.17. The number of halogens is 1. The van der Waals surface area contributed by atoms with Crippen molar-refractivity contribution in [2.75, 3.05) is 33.0 Å². The highest BCUT2D eigenvalue weighted by Gasteiger charge is 2.01. The molecular formula is C14H20ClN3O2S. The molecule has 116 valence electrons. The number of hydrogen-bond donors (Lipinski definition) is 2. The predicted molar refractivity (Wildman–Crippen MR) is 88.2 cm³/mol. The zero-order valence-corrected chi connectivity index (χ0v) is 13.8. The molecule has 2 N–H and O–H groups in total. The van der Waals surface area contributed by atoms with Gasteiger partial charge in [-0.1, -0.05) is 11.6 Å². The Labute approximate surface area is 134 Å². The summed E-state index contributed by atoms with van der Waals surface area (Å²) in [5.41, 5.74) is 0. The summed E-state index contributed by atoms with van der Waals surface area (Å²) in [5, 5.41) is 6.98. The SMILES string of the molecule is CN=C(NCCSc1ccc(Cl)cc1)NCCC(=O)OC. The van der Waals surface area contributed by atoms with Crippen molar-refractivity contribution >= 4 is 35.3 Å². The summed E-state index contributed by atoms with van der Waals surface area (Å²) in [6, 6.07) is 7.75.